The van der Waals surface area contributed by atoms with Crippen LogP contribution in [0, 0.1) is 5.82 Å². The maximum atomic E-state index is 14.0. The van der Waals surface area contributed by atoms with Crippen LogP contribution in [0.4, 0.5) is 10.2 Å². The quantitative estimate of drug-likeness (QED) is 0.297. The molecular weight excluding hydrogens is 506 g/mol. The summed E-state index contributed by atoms with van der Waals surface area (Å²) in [5.74, 6) is 0.858. The number of nitrogens with one attached hydrogen (secondary N) is 2. The molecule has 162 valence electrons. The number of hydrogen-bond acceptors (Lipinski definition) is 4. The molecule has 1 unspecified atom stereocenters. The zero-order chi connectivity index (χ0) is 20.8. The van der Waals surface area contributed by atoms with E-state index in [4.69, 9.17) is 0 Å². The molecule has 8 heteroatoms. The van der Waals surface area contributed by atoms with Gasteiger partial charge in [0.15, 0.2) is 17.6 Å². The minimum absolute atomic E-state index is 0. The van der Waals surface area contributed by atoms with Crippen LogP contribution in [-0.4, -0.2) is 42.1 Å². The Balaban J connectivity index is 0.00000272. The molecule has 0 amide bonds. The van der Waals surface area contributed by atoms with E-state index < -0.39 is 0 Å². The van der Waals surface area contributed by atoms with Crippen LogP contribution in [0.5, 0.6) is 0 Å². The van der Waals surface area contributed by atoms with E-state index in [2.05, 4.69) is 43.8 Å². The van der Waals surface area contributed by atoms with Gasteiger partial charge in [0.1, 0.15) is 0 Å². The Morgan fingerprint density at radius 3 is 2.77 bits per heavy atom. The summed E-state index contributed by atoms with van der Waals surface area (Å²) in [5.41, 5.74) is 3.18. The number of guanidine groups is 1. The van der Waals surface area contributed by atoms with Crippen LogP contribution in [0.1, 0.15) is 12.0 Å². The van der Waals surface area contributed by atoms with Crippen molar-refractivity contribution in [2.45, 2.75) is 19.0 Å². The Labute approximate surface area is 199 Å². The van der Waals surface area contributed by atoms with E-state index in [0.29, 0.717) is 18.9 Å². The van der Waals surface area contributed by atoms with Gasteiger partial charge >= 0.3 is 0 Å². The highest BCUT2D eigenvalue weighted by atomic mass is 127. The van der Waals surface area contributed by atoms with Crippen molar-refractivity contribution >= 4 is 35.8 Å². The molecule has 1 aromatic carbocycles. The molecular formula is C23H26FIN6. The van der Waals surface area contributed by atoms with E-state index in [9.17, 15) is 4.39 Å². The zero-order valence-corrected chi connectivity index (χ0v) is 19.7. The fourth-order valence-electron chi connectivity index (χ4n) is 3.63. The molecule has 1 atom stereocenters. The van der Waals surface area contributed by atoms with Crippen molar-refractivity contribution in [2.24, 2.45) is 4.99 Å². The zero-order valence-electron chi connectivity index (χ0n) is 17.3. The van der Waals surface area contributed by atoms with Gasteiger partial charge in [0.05, 0.1) is 5.69 Å². The summed E-state index contributed by atoms with van der Waals surface area (Å²) in [4.78, 5) is 14.9. The Hall–Kier alpha value is -2.75. The molecule has 3 heterocycles. The van der Waals surface area contributed by atoms with E-state index in [1.165, 1.54) is 6.07 Å². The third-order valence-corrected chi connectivity index (χ3v) is 5.14. The lowest BCUT2D eigenvalue weighted by Crippen LogP contribution is -2.44. The van der Waals surface area contributed by atoms with Gasteiger partial charge in [0.2, 0.25) is 0 Å². The molecule has 2 aromatic heterocycles. The molecule has 0 bridgehead atoms. The molecule has 1 aliphatic rings. The normalized spacial score (nSPS) is 16.0. The Morgan fingerprint density at radius 1 is 1.13 bits per heavy atom. The van der Waals surface area contributed by atoms with E-state index in [0.717, 1.165) is 35.7 Å². The maximum Gasteiger partial charge on any atom is 0.191 e. The molecule has 1 saturated heterocycles. The number of halogens is 2. The summed E-state index contributed by atoms with van der Waals surface area (Å²) >= 11 is 0. The molecule has 0 spiro atoms. The average molecular weight is 532 g/mol. The summed E-state index contributed by atoms with van der Waals surface area (Å²) in [6.45, 7) is 2.09. The summed E-state index contributed by atoms with van der Waals surface area (Å²) in [6.07, 6.45) is 4.32. The fourth-order valence-corrected chi connectivity index (χ4v) is 3.63. The molecule has 6 nitrogen and oxygen atoms in total. The largest absolute Gasteiger partial charge is 0.352 e. The van der Waals surface area contributed by atoms with E-state index in [-0.39, 0.29) is 35.8 Å². The second-order valence-electron chi connectivity index (χ2n) is 7.23. The maximum absolute atomic E-state index is 14.0. The molecule has 1 aliphatic heterocycles. The van der Waals surface area contributed by atoms with Gasteiger partial charge < -0.3 is 15.5 Å². The van der Waals surface area contributed by atoms with Crippen molar-refractivity contribution < 1.29 is 4.39 Å². The first-order valence-corrected chi connectivity index (χ1v) is 10.1. The first-order valence-electron chi connectivity index (χ1n) is 10.1. The second-order valence-corrected chi connectivity index (χ2v) is 7.23. The van der Waals surface area contributed by atoms with Crippen LogP contribution < -0.4 is 15.5 Å². The summed E-state index contributed by atoms with van der Waals surface area (Å²) in [7, 11) is 1.75. The molecule has 0 radical (unpaired) electrons. The Bertz CT molecular complexity index is 1010. The number of aromatic nitrogens is 2. The Kier molecular flexibility index (Phi) is 8.16. The molecule has 0 saturated carbocycles. The highest BCUT2D eigenvalue weighted by Crippen LogP contribution is 2.21. The van der Waals surface area contributed by atoms with Gasteiger partial charge in [-0.3, -0.25) is 9.98 Å². The van der Waals surface area contributed by atoms with E-state index in [1.54, 1.807) is 25.5 Å². The van der Waals surface area contributed by atoms with Crippen LogP contribution in [0.15, 0.2) is 72.0 Å². The van der Waals surface area contributed by atoms with Crippen LogP contribution in [0.2, 0.25) is 0 Å². The number of anilines is 1. The van der Waals surface area contributed by atoms with Gasteiger partial charge in [-0.1, -0.05) is 24.3 Å². The summed E-state index contributed by atoms with van der Waals surface area (Å²) < 4.78 is 14.0. The monoisotopic (exact) mass is 532 g/mol. The van der Waals surface area contributed by atoms with Gasteiger partial charge in [-0.25, -0.2) is 9.37 Å². The van der Waals surface area contributed by atoms with Crippen molar-refractivity contribution in [1.29, 1.82) is 0 Å². The van der Waals surface area contributed by atoms with Crippen molar-refractivity contribution in [3.05, 3.63) is 78.4 Å². The van der Waals surface area contributed by atoms with Crippen molar-refractivity contribution in [3.63, 3.8) is 0 Å². The highest BCUT2D eigenvalue weighted by Gasteiger charge is 2.25. The van der Waals surface area contributed by atoms with Gasteiger partial charge in [0, 0.05) is 50.7 Å². The molecule has 2 N–H and O–H groups in total. The van der Waals surface area contributed by atoms with Gasteiger partial charge in [-0.05, 0) is 42.3 Å². The number of aliphatic imine (C=N–C) groups is 1. The summed E-state index contributed by atoms with van der Waals surface area (Å²) in [6, 6.07) is 17.4. The summed E-state index contributed by atoms with van der Waals surface area (Å²) in [5, 5.41) is 6.80. The molecule has 3 aromatic rings. The molecule has 31 heavy (non-hydrogen) atoms. The topological polar surface area (TPSA) is 65.4 Å². The van der Waals surface area contributed by atoms with Crippen molar-refractivity contribution in [2.75, 3.05) is 25.0 Å². The molecule has 4 rings (SSSR count). The van der Waals surface area contributed by atoms with E-state index >= 15 is 0 Å². The third kappa shape index (κ3) is 5.90. The standard InChI is InChI=1S/C23H25FN6.HI/c1-25-23(29-19-10-13-30(16-19)22-20(24)8-5-12-27-22)28-15-17-6-4-7-18(14-17)21-9-2-3-11-26-21;/h2-9,11-12,14,19H,10,13,15-16H2,1H3,(H2,25,28,29);1H. The number of nitrogens with zero attached hydrogens (tertiary/aromatic N) is 4. The predicted molar refractivity (Wildman–Crippen MR) is 133 cm³/mol. The van der Waals surface area contributed by atoms with E-state index in [1.807, 2.05) is 29.2 Å². The first kappa shape index (κ1) is 22.9. The number of rotatable bonds is 5. The molecule has 0 aliphatic carbocycles. The van der Waals surface area contributed by atoms with Gasteiger partial charge in [-0.2, -0.15) is 0 Å². The van der Waals surface area contributed by atoms with Gasteiger partial charge in [-0.15, -0.1) is 24.0 Å². The average Bonchev–Trinajstić information content (AvgIpc) is 3.26. The number of hydrogen-bond donors (Lipinski definition) is 2. The minimum atomic E-state index is -0.284. The third-order valence-electron chi connectivity index (χ3n) is 5.14. The van der Waals surface area contributed by atoms with Crippen LogP contribution in [-0.2, 0) is 6.54 Å². The first-order chi connectivity index (χ1) is 14.7. The smallest absolute Gasteiger partial charge is 0.191 e. The number of benzene rings is 1. The van der Waals surface area contributed by atoms with Crippen LogP contribution in [0.3, 0.4) is 0 Å². The minimum Gasteiger partial charge on any atom is -0.352 e. The number of pyridine rings is 2. The fraction of sp³-hybridized carbons (Fsp3) is 0.261. The lowest BCUT2D eigenvalue weighted by Gasteiger charge is -2.20. The second kappa shape index (κ2) is 11.0. The van der Waals surface area contributed by atoms with Crippen LogP contribution >= 0.6 is 24.0 Å². The lowest BCUT2D eigenvalue weighted by molar-refractivity contribution is 0.612. The van der Waals surface area contributed by atoms with Crippen molar-refractivity contribution in [1.82, 2.24) is 20.6 Å². The van der Waals surface area contributed by atoms with Crippen LogP contribution in [0.25, 0.3) is 11.3 Å². The van der Waals surface area contributed by atoms with Gasteiger partial charge in [0.25, 0.3) is 0 Å². The van der Waals surface area contributed by atoms with Crippen molar-refractivity contribution in [3.8, 4) is 11.3 Å². The highest BCUT2D eigenvalue weighted by molar-refractivity contribution is 14.0. The lowest BCUT2D eigenvalue weighted by atomic mass is 10.1. The SMILES string of the molecule is CN=C(NCc1cccc(-c2ccccn2)c1)NC1CCN(c2ncccc2F)C1.I. The predicted octanol–water partition coefficient (Wildman–Crippen LogP) is 3.84. The molecule has 1 fully saturated rings. The Morgan fingerprint density at radius 2 is 2.00 bits per heavy atom.